The molecule has 2 N–H and O–H groups in total. The van der Waals surface area contributed by atoms with E-state index >= 15 is 0 Å². The van der Waals surface area contributed by atoms with Gasteiger partial charge in [0, 0.05) is 29.2 Å². The Kier molecular flexibility index (Phi) is 9.85. The molecule has 0 radical (unpaired) electrons. The second-order valence-electron chi connectivity index (χ2n) is 9.20. The van der Waals surface area contributed by atoms with E-state index in [-0.39, 0.29) is 5.82 Å². The summed E-state index contributed by atoms with van der Waals surface area (Å²) in [6.45, 7) is 20.7. The third kappa shape index (κ3) is 7.94. The maximum atomic E-state index is 13.1. The van der Waals surface area contributed by atoms with Crippen LogP contribution in [0.3, 0.4) is 0 Å². The first-order valence-electron chi connectivity index (χ1n) is 12.7. The molecule has 0 unspecified atom stereocenters. The summed E-state index contributed by atoms with van der Waals surface area (Å²) in [6, 6.07) is 19.0. The summed E-state index contributed by atoms with van der Waals surface area (Å²) in [5, 5.41) is 8.75. The normalized spacial score (nSPS) is 11.8. The first-order valence-corrected chi connectivity index (χ1v) is 12.7. The molecule has 3 aromatic carbocycles. The Morgan fingerprint density at radius 1 is 0.919 bits per heavy atom. The molecule has 3 heteroatoms. The lowest BCUT2D eigenvalue weighted by atomic mass is 9.96. The van der Waals surface area contributed by atoms with Crippen molar-refractivity contribution in [3.05, 3.63) is 137 Å². The zero-order valence-corrected chi connectivity index (χ0v) is 22.0. The van der Waals surface area contributed by atoms with Crippen LogP contribution in [0.15, 0.2) is 104 Å². The second kappa shape index (κ2) is 13.3. The largest absolute Gasteiger partial charge is 0.359 e. The van der Waals surface area contributed by atoms with Gasteiger partial charge < -0.3 is 10.6 Å². The average molecular weight is 493 g/mol. The van der Waals surface area contributed by atoms with Crippen molar-refractivity contribution in [3.8, 4) is 0 Å². The first kappa shape index (κ1) is 27.5. The minimum Gasteiger partial charge on any atom is -0.359 e. The van der Waals surface area contributed by atoms with Crippen molar-refractivity contribution in [1.82, 2.24) is 0 Å². The standard InChI is InChI=1S/C34H37FN2/c1-7-10-29-23-34(24(4)20-28(29)9-3)30(11-8-2)22-27-12-16-32(17-13-27)36-25(5)21-26(6)37-33-18-14-31(35)15-19-33/h8-9,11-20,23,36-37H,3-7,10,21-22H2,1-2H3/b11-8-,34-30+. The SMILES string of the molecule is C=Cc1cc(=C)/c(=C(\C=C/C)Cc2ccc(NC(=C)CC(=C)Nc3ccc(F)cc3)cc2)cc1CCC. The Balaban J connectivity index is 1.71. The monoisotopic (exact) mass is 492 g/mol. The van der Waals surface area contributed by atoms with Gasteiger partial charge >= 0.3 is 0 Å². The van der Waals surface area contributed by atoms with Crippen LogP contribution in [-0.4, -0.2) is 0 Å². The van der Waals surface area contributed by atoms with E-state index in [0.717, 1.165) is 47.2 Å². The molecule has 0 aromatic heterocycles. The van der Waals surface area contributed by atoms with Gasteiger partial charge in [-0.3, -0.25) is 0 Å². The van der Waals surface area contributed by atoms with Crippen LogP contribution in [0, 0.1) is 5.82 Å². The topological polar surface area (TPSA) is 24.1 Å². The Morgan fingerprint density at radius 2 is 1.51 bits per heavy atom. The van der Waals surface area contributed by atoms with E-state index < -0.39 is 0 Å². The summed E-state index contributed by atoms with van der Waals surface area (Å²) in [7, 11) is 0. The molecule has 190 valence electrons. The summed E-state index contributed by atoms with van der Waals surface area (Å²) in [5.41, 5.74) is 8.31. The van der Waals surface area contributed by atoms with Gasteiger partial charge in [0.15, 0.2) is 0 Å². The number of benzene rings is 3. The summed E-state index contributed by atoms with van der Waals surface area (Å²) in [5.74, 6) is -0.264. The molecule has 0 atom stereocenters. The van der Waals surface area contributed by atoms with Crippen LogP contribution in [0.2, 0.25) is 0 Å². The molecular formula is C34H37FN2. The Bertz CT molecular complexity index is 1390. The van der Waals surface area contributed by atoms with Crippen LogP contribution in [-0.2, 0) is 12.8 Å². The second-order valence-corrected chi connectivity index (χ2v) is 9.20. The molecule has 0 fully saturated rings. The Labute approximate surface area is 221 Å². The number of anilines is 2. The fourth-order valence-electron chi connectivity index (χ4n) is 4.34. The fraction of sp³-hybridized carbons (Fsp3) is 0.176. The van der Waals surface area contributed by atoms with Crippen molar-refractivity contribution in [2.45, 2.75) is 39.5 Å². The summed E-state index contributed by atoms with van der Waals surface area (Å²) < 4.78 is 13.1. The maximum absolute atomic E-state index is 13.1. The van der Waals surface area contributed by atoms with Crippen molar-refractivity contribution in [1.29, 1.82) is 0 Å². The molecular weight excluding hydrogens is 455 g/mol. The lowest BCUT2D eigenvalue weighted by Crippen LogP contribution is -2.27. The smallest absolute Gasteiger partial charge is 0.123 e. The summed E-state index contributed by atoms with van der Waals surface area (Å²) >= 11 is 0. The lowest BCUT2D eigenvalue weighted by molar-refractivity contribution is 0.628. The molecule has 0 aliphatic carbocycles. The van der Waals surface area contributed by atoms with E-state index in [9.17, 15) is 4.39 Å². The van der Waals surface area contributed by atoms with E-state index in [1.807, 2.05) is 13.0 Å². The molecule has 37 heavy (non-hydrogen) atoms. The lowest BCUT2D eigenvalue weighted by Gasteiger charge is -2.14. The van der Waals surface area contributed by atoms with Crippen LogP contribution in [0.25, 0.3) is 18.2 Å². The number of allylic oxidation sites excluding steroid dienone is 2. The van der Waals surface area contributed by atoms with E-state index in [2.05, 4.69) is 92.4 Å². The van der Waals surface area contributed by atoms with Crippen LogP contribution in [0.4, 0.5) is 15.8 Å². The van der Waals surface area contributed by atoms with Gasteiger partial charge in [-0.25, -0.2) is 4.39 Å². The van der Waals surface area contributed by atoms with E-state index in [4.69, 9.17) is 0 Å². The van der Waals surface area contributed by atoms with Crippen molar-refractivity contribution in [3.63, 3.8) is 0 Å². The molecule has 0 spiro atoms. The average Bonchev–Trinajstić information content (AvgIpc) is 2.87. The third-order valence-electron chi connectivity index (χ3n) is 6.08. The quantitative estimate of drug-likeness (QED) is 0.270. The van der Waals surface area contributed by atoms with Gasteiger partial charge in [-0.2, -0.15) is 0 Å². The van der Waals surface area contributed by atoms with Gasteiger partial charge in [0.2, 0.25) is 0 Å². The van der Waals surface area contributed by atoms with E-state index in [1.54, 1.807) is 12.1 Å². The van der Waals surface area contributed by atoms with Crippen LogP contribution in [0.5, 0.6) is 0 Å². The van der Waals surface area contributed by atoms with Gasteiger partial charge in [0.05, 0.1) is 0 Å². The number of halogens is 1. The minimum atomic E-state index is -0.264. The van der Waals surface area contributed by atoms with Crippen molar-refractivity contribution in [2.24, 2.45) is 0 Å². The zero-order valence-electron chi connectivity index (χ0n) is 22.0. The number of aryl methyl sites for hydroxylation is 1. The first-order chi connectivity index (χ1) is 17.8. The van der Waals surface area contributed by atoms with Crippen molar-refractivity contribution in [2.75, 3.05) is 10.6 Å². The highest BCUT2D eigenvalue weighted by Crippen LogP contribution is 2.19. The molecule has 0 amide bonds. The Morgan fingerprint density at radius 3 is 2.05 bits per heavy atom. The van der Waals surface area contributed by atoms with Gasteiger partial charge in [0.25, 0.3) is 0 Å². The fourth-order valence-corrected chi connectivity index (χ4v) is 4.34. The minimum absolute atomic E-state index is 0.264. The van der Waals surface area contributed by atoms with Crippen LogP contribution in [0.1, 0.15) is 43.4 Å². The predicted molar refractivity (Wildman–Crippen MR) is 160 cm³/mol. The molecule has 0 aliphatic heterocycles. The molecule has 0 saturated carbocycles. The molecule has 3 aromatic rings. The molecule has 0 saturated heterocycles. The van der Waals surface area contributed by atoms with Crippen molar-refractivity contribution >= 4 is 29.6 Å². The summed E-state index contributed by atoms with van der Waals surface area (Å²) in [6.07, 6.45) is 9.66. The highest BCUT2D eigenvalue weighted by molar-refractivity contribution is 5.63. The molecule has 2 nitrogen and oxygen atoms in total. The number of rotatable bonds is 12. The number of nitrogens with one attached hydrogen (secondary N) is 2. The predicted octanol–water partition coefficient (Wildman–Crippen LogP) is 7.74. The Hall–Kier alpha value is -4.11. The molecule has 3 rings (SSSR count). The third-order valence-corrected chi connectivity index (χ3v) is 6.08. The molecule has 0 heterocycles. The maximum Gasteiger partial charge on any atom is 0.123 e. The van der Waals surface area contributed by atoms with E-state index in [0.29, 0.717) is 6.42 Å². The van der Waals surface area contributed by atoms with Crippen molar-refractivity contribution < 1.29 is 4.39 Å². The van der Waals surface area contributed by atoms with Gasteiger partial charge in [-0.15, -0.1) is 0 Å². The number of hydrogen-bond donors (Lipinski definition) is 2. The van der Waals surface area contributed by atoms with Gasteiger partial charge in [-0.05, 0) is 94.9 Å². The highest BCUT2D eigenvalue weighted by atomic mass is 19.1. The zero-order chi connectivity index (χ0) is 26.8. The van der Waals surface area contributed by atoms with Crippen LogP contribution >= 0.6 is 0 Å². The van der Waals surface area contributed by atoms with Crippen LogP contribution < -0.4 is 21.1 Å². The molecule has 0 aliphatic rings. The molecule has 0 bridgehead atoms. The van der Waals surface area contributed by atoms with Gasteiger partial charge in [0.1, 0.15) is 5.82 Å². The highest BCUT2D eigenvalue weighted by Gasteiger charge is 2.05. The summed E-state index contributed by atoms with van der Waals surface area (Å²) in [4.78, 5) is 0. The van der Waals surface area contributed by atoms with Gasteiger partial charge in [-0.1, -0.05) is 76.1 Å². The van der Waals surface area contributed by atoms with E-state index in [1.165, 1.54) is 39.6 Å². The number of hydrogen-bond acceptors (Lipinski definition) is 2.